The van der Waals surface area contributed by atoms with Gasteiger partial charge in [0.05, 0.1) is 124 Å². The van der Waals surface area contributed by atoms with Gasteiger partial charge >= 0.3 is 5.97 Å². The lowest BCUT2D eigenvalue weighted by Gasteiger charge is -2.15. The van der Waals surface area contributed by atoms with Crippen LogP contribution in [-0.4, -0.2) is 142 Å². The van der Waals surface area contributed by atoms with E-state index in [9.17, 15) is 22.8 Å². The number of nitrogens with zero attached hydrogens (tertiary/aromatic N) is 1. The Bertz CT molecular complexity index is 1110. The Morgan fingerprint density at radius 2 is 1.22 bits per heavy atom. The first kappa shape index (κ1) is 44.1. The van der Waals surface area contributed by atoms with Crippen molar-refractivity contribution in [1.29, 1.82) is 0 Å². The minimum Gasteiger partial charge on any atom is -0.420 e. The number of halogens is 3. The fourth-order valence-corrected chi connectivity index (χ4v) is 4.41. The third kappa shape index (κ3) is 22.5. The Morgan fingerprint density at radius 3 is 1.73 bits per heavy atom. The predicted molar refractivity (Wildman–Crippen MR) is 178 cm³/mol. The number of carbonyl (C=O) groups is 2. The van der Waals surface area contributed by atoms with Crippen LogP contribution in [0.5, 0.6) is 5.75 Å². The van der Waals surface area contributed by atoms with Gasteiger partial charge in [-0.3, -0.25) is 9.59 Å². The third-order valence-electron chi connectivity index (χ3n) is 7.05. The molecule has 1 atom stereocenters. The highest BCUT2D eigenvalue weighted by atomic mass is 19.1. The summed E-state index contributed by atoms with van der Waals surface area (Å²) < 4.78 is 87.8. The summed E-state index contributed by atoms with van der Waals surface area (Å²) >= 11 is 0. The Kier molecular flexibility index (Phi) is 24.7. The molecular formula is C34H54F3N3O11. The molecule has 1 unspecified atom stereocenters. The molecular weight excluding hydrogens is 683 g/mol. The first-order valence-corrected chi connectivity index (χ1v) is 17.2. The van der Waals surface area contributed by atoms with Gasteiger partial charge in [0.2, 0.25) is 11.7 Å². The summed E-state index contributed by atoms with van der Waals surface area (Å²) in [6.45, 7) is 10.1. The molecule has 0 aromatic heterocycles. The van der Waals surface area contributed by atoms with E-state index in [-0.39, 0.29) is 38.8 Å². The van der Waals surface area contributed by atoms with Gasteiger partial charge in [0, 0.05) is 38.0 Å². The predicted octanol–water partition coefficient (Wildman–Crippen LogP) is 2.18. The monoisotopic (exact) mass is 737 g/mol. The molecule has 1 fully saturated rings. The number of hydrogen-bond donors (Lipinski definition) is 2. The van der Waals surface area contributed by atoms with Gasteiger partial charge in [0.15, 0.2) is 11.6 Å². The van der Waals surface area contributed by atoms with Crippen molar-refractivity contribution in [3.63, 3.8) is 0 Å². The summed E-state index contributed by atoms with van der Waals surface area (Å²) in [6, 6.07) is 0.847. The zero-order chi connectivity index (χ0) is 36.9. The first-order chi connectivity index (χ1) is 24.8. The Morgan fingerprint density at radius 1 is 0.745 bits per heavy atom. The molecule has 0 radical (unpaired) electrons. The van der Waals surface area contributed by atoms with Crippen LogP contribution in [0.1, 0.15) is 26.2 Å². The van der Waals surface area contributed by atoms with Crippen molar-refractivity contribution >= 4 is 11.9 Å². The van der Waals surface area contributed by atoms with E-state index < -0.39 is 29.2 Å². The van der Waals surface area contributed by atoms with Crippen LogP contribution >= 0.6 is 0 Å². The van der Waals surface area contributed by atoms with E-state index >= 15 is 0 Å². The number of hydrogen-bond acceptors (Lipinski definition) is 13. The van der Waals surface area contributed by atoms with Crippen LogP contribution in [0.15, 0.2) is 24.0 Å². The summed E-state index contributed by atoms with van der Waals surface area (Å²) in [7, 11) is 0. The van der Waals surface area contributed by atoms with Crippen molar-refractivity contribution < 1.29 is 65.4 Å². The van der Waals surface area contributed by atoms with Gasteiger partial charge in [-0.1, -0.05) is 6.92 Å². The molecule has 0 aliphatic carbocycles. The van der Waals surface area contributed by atoms with Crippen molar-refractivity contribution in [2.75, 3.05) is 125 Å². The van der Waals surface area contributed by atoms with Gasteiger partial charge in [-0.05, 0) is 12.3 Å². The topological polar surface area (TPSA) is 158 Å². The first-order valence-electron chi connectivity index (χ1n) is 17.2. The second kappa shape index (κ2) is 28.5. The van der Waals surface area contributed by atoms with Crippen LogP contribution in [0, 0.1) is 23.4 Å². The molecule has 51 heavy (non-hydrogen) atoms. The van der Waals surface area contributed by atoms with Gasteiger partial charge in [-0.15, -0.1) is 0 Å². The van der Waals surface area contributed by atoms with Crippen LogP contribution in [0.25, 0.3) is 0 Å². The van der Waals surface area contributed by atoms with Gasteiger partial charge in [0.1, 0.15) is 5.82 Å². The Labute approximate surface area is 297 Å². The summed E-state index contributed by atoms with van der Waals surface area (Å²) in [5, 5.41) is 3.05. The van der Waals surface area contributed by atoms with E-state index in [2.05, 4.69) is 17.0 Å². The lowest BCUT2D eigenvalue weighted by atomic mass is 10.2. The van der Waals surface area contributed by atoms with Crippen LogP contribution in [0.3, 0.4) is 0 Å². The minimum atomic E-state index is -1.30. The number of amides is 1. The second-order valence-corrected chi connectivity index (χ2v) is 11.4. The highest BCUT2D eigenvalue weighted by Gasteiger charge is 2.22. The van der Waals surface area contributed by atoms with Crippen LogP contribution < -0.4 is 15.8 Å². The molecule has 1 aliphatic rings. The molecule has 0 spiro atoms. The Hall–Kier alpha value is -3.03. The maximum Gasteiger partial charge on any atom is 0.313 e. The summed E-state index contributed by atoms with van der Waals surface area (Å²) in [4.78, 5) is 25.6. The number of carbonyl (C=O) groups excluding carboxylic acids is 2. The van der Waals surface area contributed by atoms with E-state index in [0.717, 1.165) is 19.5 Å². The number of nitrogens with one attached hydrogen (secondary N) is 1. The molecule has 1 heterocycles. The molecule has 3 N–H and O–H groups in total. The molecule has 0 bridgehead atoms. The zero-order valence-electron chi connectivity index (χ0n) is 29.5. The fourth-order valence-electron chi connectivity index (χ4n) is 4.41. The summed E-state index contributed by atoms with van der Waals surface area (Å²) in [6.07, 6.45) is 2.91. The highest BCUT2D eigenvalue weighted by molar-refractivity contribution is 5.76. The lowest BCUT2D eigenvalue weighted by Crippen LogP contribution is -2.29. The molecule has 14 nitrogen and oxygen atoms in total. The van der Waals surface area contributed by atoms with Gasteiger partial charge in [-0.25, -0.2) is 13.2 Å². The molecule has 1 aromatic carbocycles. The van der Waals surface area contributed by atoms with E-state index in [4.69, 9.17) is 43.6 Å². The Balaban J connectivity index is 1.24. The molecule has 292 valence electrons. The highest BCUT2D eigenvalue weighted by Crippen LogP contribution is 2.23. The molecule has 17 heteroatoms. The van der Waals surface area contributed by atoms with E-state index in [0.29, 0.717) is 116 Å². The average molecular weight is 738 g/mol. The standard InChI is InChI=1S/C34H54F3N3O11/c1-27-2-6-40(25-27)32(41)3-7-43-10-13-46-18-19-49-20-21-50-26-29(38)24-39-5-9-45-12-15-48-17-16-47-14-11-44-8-4-33(42)51-34-30(36)22-28(35)23-31(34)37/h22-24,27,39H,2-21,25-26,38H2,1H3/b29-24-. The number of rotatable bonds is 31. The maximum absolute atomic E-state index is 13.5. The lowest BCUT2D eigenvalue weighted by molar-refractivity contribution is -0.136. The van der Waals surface area contributed by atoms with Crippen molar-refractivity contribution in [3.8, 4) is 5.75 Å². The van der Waals surface area contributed by atoms with Crippen LogP contribution in [0.2, 0.25) is 0 Å². The van der Waals surface area contributed by atoms with Crippen LogP contribution in [-0.2, 0) is 47.5 Å². The van der Waals surface area contributed by atoms with Gasteiger partial charge < -0.3 is 58.6 Å². The quantitative estimate of drug-likeness (QED) is 0.0650. The number of nitrogens with two attached hydrogens (primary N) is 1. The molecule has 1 aromatic rings. The molecule has 1 saturated heterocycles. The smallest absolute Gasteiger partial charge is 0.313 e. The van der Waals surface area contributed by atoms with E-state index in [1.54, 1.807) is 6.20 Å². The number of benzene rings is 1. The number of esters is 1. The van der Waals surface area contributed by atoms with E-state index in [1.807, 2.05) is 4.90 Å². The SMILES string of the molecule is CC1CCN(C(=O)CCOCCOCCOCCOC/C(N)=C/NCCOCCOCCOCCOCCC(=O)Oc2c(F)cc(F)cc2F)C1. The largest absolute Gasteiger partial charge is 0.420 e. The van der Waals surface area contributed by atoms with Crippen LogP contribution in [0.4, 0.5) is 13.2 Å². The fraction of sp³-hybridized carbons (Fsp3) is 0.706. The molecule has 2 rings (SSSR count). The molecule has 1 amide bonds. The van der Waals surface area contributed by atoms with Crippen molar-refractivity contribution in [3.05, 3.63) is 41.5 Å². The average Bonchev–Trinajstić information content (AvgIpc) is 3.54. The third-order valence-corrected chi connectivity index (χ3v) is 7.05. The number of ether oxygens (including phenoxy) is 9. The second-order valence-electron chi connectivity index (χ2n) is 11.4. The van der Waals surface area contributed by atoms with Crippen molar-refractivity contribution in [2.45, 2.75) is 26.2 Å². The zero-order valence-corrected chi connectivity index (χ0v) is 29.5. The normalized spacial score (nSPS) is 14.7. The van der Waals surface area contributed by atoms with E-state index in [1.165, 1.54) is 0 Å². The summed E-state index contributed by atoms with van der Waals surface area (Å²) in [5.74, 6) is -4.83. The van der Waals surface area contributed by atoms with Crippen molar-refractivity contribution in [1.82, 2.24) is 10.2 Å². The molecule has 1 aliphatic heterocycles. The molecule has 0 saturated carbocycles. The number of likely N-dealkylation sites (tertiary alicyclic amines) is 1. The van der Waals surface area contributed by atoms with Gasteiger partial charge in [-0.2, -0.15) is 0 Å². The minimum absolute atomic E-state index is 0.0398. The van der Waals surface area contributed by atoms with Crippen molar-refractivity contribution in [2.24, 2.45) is 11.7 Å². The summed E-state index contributed by atoms with van der Waals surface area (Å²) in [5.41, 5.74) is 6.45. The van der Waals surface area contributed by atoms with Gasteiger partial charge in [0.25, 0.3) is 0 Å². The maximum atomic E-state index is 13.5.